The van der Waals surface area contributed by atoms with Gasteiger partial charge in [0.2, 0.25) is 0 Å². The first-order chi connectivity index (χ1) is 10.2. The number of aryl methyl sites for hydroxylation is 2. The predicted octanol–water partition coefficient (Wildman–Crippen LogP) is 3.78. The Hall–Kier alpha value is -1.06. The Balaban J connectivity index is 2.20. The molecule has 2 unspecified atom stereocenters. The molecular formula is C18H29NO2. The number of benzene rings is 1. The molecule has 0 aromatic heterocycles. The van der Waals surface area contributed by atoms with Crippen LogP contribution in [-0.4, -0.2) is 26.9 Å². The van der Waals surface area contributed by atoms with Crippen molar-refractivity contribution in [1.82, 2.24) is 5.32 Å². The second kappa shape index (κ2) is 7.81. The van der Waals surface area contributed by atoms with Crippen molar-refractivity contribution in [3.63, 3.8) is 0 Å². The molecule has 0 radical (unpaired) electrons. The molecule has 1 saturated heterocycles. The molecule has 1 aromatic rings. The summed E-state index contributed by atoms with van der Waals surface area (Å²) in [5, 5.41) is 3.72. The molecule has 118 valence electrons. The van der Waals surface area contributed by atoms with Crippen molar-refractivity contribution in [2.24, 2.45) is 5.92 Å². The van der Waals surface area contributed by atoms with Crippen LogP contribution in [0.2, 0.25) is 0 Å². The van der Waals surface area contributed by atoms with Gasteiger partial charge in [-0.05, 0) is 68.3 Å². The molecule has 1 aliphatic rings. The number of nitrogens with one attached hydrogen (secondary N) is 1. The van der Waals surface area contributed by atoms with E-state index >= 15 is 0 Å². The zero-order valence-corrected chi connectivity index (χ0v) is 13.9. The molecule has 0 saturated carbocycles. The molecule has 0 spiro atoms. The molecule has 1 aliphatic heterocycles. The van der Waals surface area contributed by atoms with Crippen LogP contribution in [0.5, 0.6) is 5.75 Å². The van der Waals surface area contributed by atoms with Gasteiger partial charge in [-0.2, -0.15) is 0 Å². The Morgan fingerprint density at radius 2 is 2.14 bits per heavy atom. The molecule has 2 atom stereocenters. The summed E-state index contributed by atoms with van der Waals surface area (Å²) in [4.78, 5) is 0. The van der Waals surface area contributed by atoms with E-state index in [1.165, 1.54) is 23.1 Å². The van der Waals surface area contributed by atoms with Crippen molar-refractivity contribution in [1.29, 1.82) is 0 Å². The van der Waals surface area contributed by atoms with Crippen molar-refractivity contribution in [2.45, 2.75) is 46.1 Å². The topological polar surface area (TPSA) is 30.5 Å². The summed E-state index contributed by atoms with van der Waals surface area (Å²) < 4.78 is 11.0. The van der Waals surface area contributed by atoms with Crippen molar-refractivity contribution in [3.8, 4) is 5.75 Å². The SMILES string of the molecule is CCCNC(CC1CCOC1)c1cc(C)c(OC)cc1C. The standard InChI is InChI=1S/C18H29NO2/c1-5-7-19-17(11-15-6-8-21-12-15)16-9-14(3)18(20-4)10-13(16)2/h9-10,15,17,19H,5-8,11-12H2,1-4H3. The highest BCUT2D eigenvalue weighted by atomic mass is 16.5. The van der Waals surface area contributed by atoms with Gasteiger partial charge in [0, 0.05) is 19.3 Å². The van der Waals surface area contributed by atoms with Gasteiger partial charge in [-0.1, -0.05) is 13.0 Å². The van der Waals surface area contributed by atoms with Gasteiger partial charge in [0.15, 0.2) is 0 Å². The highest BCUT2D eigenvalue weighted by molar-refractivity contribution is 5.42. The van der Waals surface area contributed by atoms with Gasteiger partial charge in [-0.15, -0.1) is 0 Å². The Morgan fingerprint density at radius 1 is 1.33 bits per heavy atom. The molecule has 0 aliphatic carbocycles. The summed E-state index contributed by atoms with van der Waals surface area (Å²) >= 11 is 0. The Kier molecular flexibility index (Phi) is 6.07. The van der Waals surface area contributed by atoms with Gasteiger partial charge in [0.1, 0.15) is 5.75 Å². The van der Waals surface area contributed by atoms with Crippen LogP contribution in [0.4, 0.5) is 0 Å². The predicted molar refractivity (Wildman–Crippen MR) is 87.0 cm³/mol. The summed E-state index contributed by atoms with van der Waals surface area (Å²) in [6, 6.07) is 4.87. The lowest BCUT2D eigenvalue weighted by Crippen LogP contribution is -2.25. The van der Waals surface area contributed by atoms with E-state index in [0.29, 0.717) is 12.0 Å². The van der Waals surface area contributed by atoms with Crippen LogP contribution < -0.4 is 10.1 Å². The maximum atomic E-state index is 5.54. The van der Waals surface area contributed by atoms with Crippen LogP contribution >= 0.6 is 0 Å². The molecule has 1 heterocycles. The normalized spacial score (nSPS) is 19.7. The Bertz CT molecular complexity index is 453. The molecule has 1 N–H and O–H groups in total. The fourth-order valence-electron chi connectivity index (χ4n) is 3.15. The average molecular weight is 291 g/mol. The highest BCUT2D eigenvalue weighted by Gasteiger charge is 2.23. The third kappa shape index (κ3) is 4.21. The number of rotatable bonds is 7. The van der Waals surface area contributed by atoms with E-state index in [4.69, 9.17) is 9.47 Å². The second-order valence-corrected chi connectivity index (χ2v) is 6.15. The lowest BCUT2D eigenvalue weighted by atomic mass is 9.90. The number of ether oxygens (including phenoxy) is 2. The van der Waals surface area contributed by atoms with Crippen LogP contribution in [-0.2, 0) is 4.74 Å². The maximum Gasteiger partial charge on any atom is 0.122 e. The van der Waals surface area contributed by atoms with Crippen molar-refractivity contribution in [3.05, 3.63) is 28.8 Å². The molecule has 3 nitrogen and oxygen atoms in total. The van der Waals surface area contributed by atoms with Crippen molar-refractivity contribution >= 4 is 0 Å². The van der Waals surface area contributed by atoms with Crippen LogP contribution in [0.15, 0.2) is 12.1 Å². The number of hydrogen-bond acceptors (Lipinski definition) is 3. The molecule has 1 aromatic carbocycles. The van der Waals surface area contributed by atoms with Gasteiger partial charge in [0.05, 0.1) is 7.11 Å². The van der Waals surface area contributed by atoms with Crippen LogP contribution in [0, 0.1) is 19.8 Å². The zero-order chi connectivity index (χ0) is 15.2. The fourth-order valence-corrected chi connectivity index (χ4v) is 3.15. The van der Waals surface area contributed by atoms with E-state index in [0.717, 1.165) is 38.3 Å². The summed E-state index contributed by atoms with van der Waals surface area (Å²) in [6.07, 6.45) is 3.51. The van der Waals surface area contributed by atoms with E-state index in [1.807, 2.05) is 0 Å². The first-order valence-electron chi connectivity index (χ1n) is 8.12. The minimum absolute atomic E-state index is 0.418. The average Bonchev–Trinajstić information content (AvgIpc) is 2.98. The fraction of sp³-hybridized carbons (Fsp3) is 0.667. The lowest BCUT2D eigenvalue weighted by Gasteiger charge is -2.24. The molecule has 0 bridgehead atoms. The Labute approximate surface area is 129 Å². The molecule has 1 fully saturated rings. The minimum atomic E-state index is 0.418. The molecule has 21 heavy (non-hydrogen) atoms. The second-order valence-electron chi connectivity index (χ2n) is 6.15. The van der Waals surface area contributed by atoms with Crippen LogP contribution in [0.3, 0.4) is 0 Å². The quantitative estimate of drug-likeness (QED) is 0.829. The maximum absolute atomic E-state index is 5.54. The third-order valence-corrected chi connectivity index (χ3v) is 4.39. The zero-order valence-electron chi connectivity index (χ0n) is 13.9. The molecule has 3 heteroatoms. The largest absolute Gasteiger partial charge is 0.496 e. The summed E-state index contributed by atoms with van der Waals surface area (Å²) in [7, 11) is 1.74. The Morgan fingerprint density at radius 3 is 2.76 bits per heavy atom. The first kappa shape index (κ1) is 16.3. The first-order valence-corrected chi connectivity index (χ1v) is 8.12. The van der Waals surface area contributed by atoms with E-state index in [1.54, 1.807) is 7.11 Å². The van der Waals surface area contributed by atoms with E-state index in [9.17, 15) is 0 Å². The van der Waals surface area contributed by atoms with Gasteiger partial charge in [-0.3, -0.25) is 0 Å². The van der Waals surface area contributed by atoms with E-state index in [2.05, 4.69) is 38.2 Å². The van der Waals surface area contributed by atoms with E-state index in [-0.39, 0.29) is 0 Å². The highest BCUT2D eigenvalue weighted by Crippen LogP contribution is 2.32. The minimum Gasteiger partial charge on any atom is -0.496 e. The third-order valence-electron chi connectivity index (χ3n) is 4.39. The number of methoxy groups -OCH3 is 1. The van der Waals surface area contributed by atoms with Crippen molar-refractivity contribution in [2.75, 3.05) is 26.9 Å². The monoisotopic (exact) mass is 291 g/mol. The number of hydrogen-bond donors (Lipinski definition) is 1. The van der Waals surface area contributed by atoms with E-state index < -0.39 is 0 Å². The van der Waals surface area contributed by atoms with Crippen LogP contribution in [0.1, 0.15) is 48.9 Å². The summed E-state index contributed by atoms with van der Waals surface area (Å²) in [5.74, 6) is 1.66. The van der Waals surface area contributed by atoms with Crippen LogP contribution in [0.25, 0.3) is 0 Å². The summed E-state index contributed by atoms with van der Waals surface area (Å²) in [5.41, 5.74) is 3.93. The van der Waals surface area contributed by atoms with Gasteiger partial charge in [0.25, 0.3) is 0 Å². The molecule has 0 amide bonds. The lowest BCUT2D eigenvalue weighted by molar-refractivity contribution is 0.181. The molecule has 2 rings (SSSR count). The van der Waals surface area contributed by atoms with Gasteiger partial charge < -0.3 is 14.8 Å². The van der Waals surface area contributed by atoms with Gasteiger partial charge in [-0.25, -0.2) is 0 Å². The van der Waals surface area contributed by atoms with Crippen molar-refractivity contribution < 1.29 is 9.47 Å². The molecular weight excluding hydrogens is 262 g/mol. The smallest absolute Gasteiger partial charge is 0.122 e. The van der Waals surface area contributed by atoms with Gasteiger partial charge >= 0.3 is 0 Å². The summed E-state index contributed by atoms with van der Waals surface area (Å²) in [6.45, 7) is 9.42.